The number of amides is 2. The maximum absolute atomic E-state index is 12.9. The number of imidazole rings is 1. The van der Waals surface area contributed by atoms with E-state index in [1.54, 1.807) is 20.8 Å². The van der Waals surface area contributed by atoms with Gasteiger partial charge in [0.15, 0.2) is 0 Å². The highest BCUT2D eigenvalue weighted by Gasteiger charge is 2.31. The number of esters is 1. The van der Waals surface area contributed by atoms with Crippen LogP contribution in [0.3, 0.4) is 0 Å². The first-order valence-corrected chi connectivity index (χ1v) is 11.6. The van der Waals surface area contributed by atoms with Crippen molar-refractivity contribution in [3.8, 4) is 0 Å². The molecule has 0 fully saturated rings. The zero-order valence-corrected chi connectivity index (χ0v) is 22.2. The fraction of sp³-hybridized carbons (Fsp3) is 0.727. The number of hydrogen-bond donors (Lipinski definition) is 2. The smallest absolute Gasteiger partial charge is 0.460 e. The van der Waals surface area contributed by atoms with Gasteiger partial charge in [-0.1, -0.05) is 27.7 Å². The Bertz CT molecular complexity index is 835. The predicted molar refractivity (Wildman–Crippen MR) is 126 cm³/mol. The van der Waals surface area contributed by atoms with Gasteiger partial charge in [-0.25, -0.2) is 18.7 Å². The second kappa shape index (κ2) is 14.7. The lowest BCUT2D eigenvalue weighted by atomic mass is 10.0. The molecule has 1 aromatic heterocycles. The van der Waals surface area contributed by atoms with Crippen molar-refractivity contribution in [2.24, 2.45) is 18.9 Å². The first kappa shape index (κ1) is 33.2. The molecule has 0 saturated heterocycles. The van der Waals surface area contributed by atoms with Gasteiger partial charge in [-0.2, -0.15) is 0 Å². The number of carbonyl (C=O) groups is 3. The molecule has 2 N–H and O–H groups in total. The molecule has 9 nitrogen and oxygen atoms in total. The van der Waals surface area contributed by atoms with Crippen LogP contribution in [0.25, 0.3) is 0 Å². The number of alkyl carbamates (subject to hydrolysis) is 1. The van der Waals surface area contributed by atoms with Crippen molar-refractivity contribution in [1.29, 1.82) is 0 Å². The Balaban J connectivity index is 0.00000222. The summed E-state index contributed by atoms with van der Waals surface area (Å²) in [5.74, 6) is -0.963. The van der Waals surface area contributed by atoms with Crippen LogP contribution >= 0.6 is 0 Å². The molecule has 1 heterocycles. The largest absolute Gasteiger partial charge is 0.673 e. The monoisotopic (exact) mass is 526 g/mol. The molecule has 2 atom stereocenters. The maximum Gasteiger partial charge on any atom is 0.673 e. The third-order valence-electron chi connectivity index (χ3n) is 4.35. The van der Waals surface area contributed by atoms with E-state index >= 15 is 0 Å². The summed E-state index contributed by atoms with van der Waals surface area (Å²) >= 11 is 0. The van der Waals surface area contributed by atoms with Gasteiger partial charge in [-0.15, -0.1) is 0 Å². The van der Waals surface area contributed by atoms with Crippen molar-refractivity contribution in [3.63, 3.8) is 0 Å². The highest BCUT2D eigenvalue weighted by molar-refractivity contribution is 6.50. The number of ether oxygens (including phenoxy) is 2. The molecule has 36 heavy (non-hydrogen) atoms. The van der Waals surface area contributed by atoms with Crippen LogP contribution in [0.15, 0.2) is 18.7 Å². The molecule has 0 saturated carbocycles. The van der Waals surface area contributed by atoms with Crippen molar-refractivity contribution in [1.82, 2.24) is 15.2 Å². The minimum Gasteiger partial charge on any atom is -0.460 e. The summed E-state index contributed by atoms with van der Waals surface area (Å²) in [6, 6.07) is -1.63. The first-order chi connectivity index (χ1) is 16.3. The molecule has 0 bridgehead atoms. The van der Waals surface area contributed by atoms with Gasteiger partial charge in [-0.3, -0.25) is 4.79 Å². The lowest BCUT2D eigenvalue weighted by molar-refractivity contribution is -0.671. The number of hydrogen-bond acceptors (Lipinski definition) is 5. The Kier molecular flexibility index (Phi) is 13.5. The van der Waals surface area contributed by atoms with Gasteiger partial charge in [0.25, 0.3) is 0 Å². The molecule has 1 rings (SSSR count). The summed E-state index contributed by atoms with van der Waals surface area (Å²) in [5.41, 5.74) is -0.678. The van der Waals surface area contributed by atoms with Crippen LogP contribution in [-0.4, -0.2) is 54.1 Å². The third kappa shape index (κ3) is 16.8. The number of carbonyl (C=O) groups excluding carboxylic acids is 3. The van der Waals surface area contributed by atoms with E-state index in [0.29, 0.717) is 13.0 Å². The minimum absolute atomic E-state index is 0.165. The van der Waals surface area contributed by atoms with Crippen LogP contribution in [0.1, 0.15) is 54.9 Å². The molecule has 208 valence electrons. The number of rotatable bonds is 10. The van der Waals surface area contributed by atoms with E-state index in [0.717, 1.165) is 0 Å². The zero-order valence-electron chi connectivity index (χ0n) is 22.2. The molecule has 0 spiro atoms. The Morgan fingerprint density at radius 2 is 1.61 bits per heavy atom. The van der Waals surface area contributed by atoms with Gasteiger partial charge >= 0.3 is 19.3 Å². The normalized spacial score (nSPS) is 13.4. The van der Waals surface area contributed by atoms with Crippen molar-refractivity contribution in [3.05, 3.63) is 18.7 Å². The number of nitrogens with one attached hydrogen (secondary N) is 2. The van der Waals surface area contributed by atoms with Crippen LogP contribution in [0.4, 0.5) is 22.1 Å². The number of halogens is 4. The second-order valence-electron chi connectivity index (χ2n) is 10.0. The van der Waals surface area contributed by atoms with Crippen LogP contribution in [0.2, 0.25) is 0 Å². The summed E-state index contributed by atoms with van der Waals surface area (Å²) in [6.45, 7) is 13.5. The topological polar surface area (TPSA) is 103 Å². The molecule has 0 aliphatic carbocycles. The lowest BCUT2D eigenvalue weighted by Crippen LogP contribution is -2.54. The molecule has 0 aliphatic rings. The van der Waals surface area contributed by atoms with Crippen LogP contribution in [-0.2, 0) is 32.7 Å². The Labute approximate surface area is 210 Å². The van der Waals surface area contributed by atoms with Crippen LogP contribution in [0.5, 0.6) is 0 Å². The predicted octanol–water partition coefficient (Wildman–Crippen LogP) is 3.24. The molecule has 0 unspecified atom stereocenters. The van der Waals surface area contributed by atoms with Crippen molar-refractivity contribution in [2.75, 3.05) is 6.61 Å². The highest BCUT2D eigenvalue weighted by Crippen LogP contribution is 2.11. The summed E-state index contributed by atoms with van der Waals surface area (Å²) in [6.07, 6.45) is 5.42. The van der Waals surface area contributed by atoms with Crippen molar-refractivity contribution >= 4 is 25.2 Å². The van der Waals surface area contributed by atoms with Crippen molar-refractivity contribution in [2.45, 2.75) is 79.1 Å². The Morgan fingerprint density at radius 1 is 1.06 bits per heavy atom. The number of aryl methyl sites for hydroxylation is 1. The van der Waals surface area contributed by atoms with Crippen molar-refractivity contribution < 1.29 is 45.7 Å². The molecule has 14 heteroatoms. The second-order valence-corrected chi connectivity index (χ2v) is 10.0. The van der Waals surface area contributed by atoms with Gasteiger partial charge in [0, 0.05) is 0 Å². The van der Waals surface area contributed by atoms with E-state index in [4.69, 9.17) is 9.47 Å². The lowest BCUT2D eigenvalue weighted by Gasteiger charge is -2.27. The van der Waals surface area contributed by atoms with E-state index in [1.165, 1.54) is 0 Å². The average Bonchev–Trinajstić information content (AvgIpc) is 3.07. The van der Waals surface area contributed by atoms with E-state index in [9.17, 15) is 31.6 Å². The summed E-state index contributed by atoms with van der Waals surface area (Å²) in [4.78, 5) is 37.7. The van der Waals surface area contributed by atoms with E-state index < -0.39 is 42.9 Å². The van der Waals surface area contributed by atoms with Gasteiger partial charge in [0.2, 0.25) is 12.2 Å². The SMILES string of the molecule is CC(C)C[C@H](NC(=O)[C@@H](NC(=O)OC(C)(C)C)C(C)C)C(=O)OCCn1cc[n+](C)c1.F[B-](F)(F)F. The summed E-state index contributed by atoms with van der Waals surface area (Å²) < 4.78 is 53.5. The molecule has 2 amide bonds. The molecule has 0 aliphatic heterocycles. The fourth-order valence-corrected chi connectivity index (χ4v) is 2.90. The van der Waals surface area contributed by atoms with E-state index in [2.05, 4.69) is 10.6 Å². The average molecular weight is 526 g/mol. The van der Waals surface area contributed by atoms with E-state index in [1.807, 2.05) is 62.6 Å². The molecule has 1 aromatic rings. The Hall–Kier alpha value is -2.80. The summed E-state index contributed by atoms with van der Waals surface area (Å²) in [5, 5.41) is 5.36. The summed E-state index contributed by atoms with van der Waals surface area (Å²) in [7, 11) is -4.09. The number of nitrogens with zero attached hydrogens (tertiary/aromatic N) is 2. The van der Waals surface area contributed by atoms with Gasteiger partial charge < -0.3 is 37.4 Å². The molecular formula is C22H39BF4N4O5. The van der Waals surface area contributed by atoms with Gasteiger partial charge in [-0.05, 0) is 39.0 Å². The minimum atomic E-state index is -6.00. The van der Waals surface area contributed by atoms with Crippen LogP contribution in [0, 0.1) is 11.8 Å². The third-order valence-corrected chi connectivity index (χ3v) is 4.35. The number of aromatic nitrogens is 2. The molecule has 0 aromatic carbocycles. The first-order valence-electron chi connectivity index (χ1n) is 11.6. The fourth-order valence-electron chi connectivity index (χ4n) is 2.90. The van der Waals surface area contributed by atoms with Gasteiger partial charge in [0.05, 0.1) is 7.05 Å². The van der Waals surface area contributed by atoms with Crippen LogP contribution < -0.4 is 15.2 Å². The standard InChI is InChI=1S/C22H38N4O5.BF4/c1-15(2)13-17(20(28)30-12-11-26-10-9-25(8)14-26)23-19(27)18(16(3)4)24-21(29)31-22(5,6)7;2-1(3,4)5/h9-10,14-18H,11-13H2,1-8H3,(H-,23,24,27,29);/q;-1/p+1/t17-,18-;/m0./s1. The molecule has 0 radical (unpaired) electrons. The Morgan fingerprint density at radius 3 is 2.03 bits per heavy atom. The van der Waals surface area contributed by atoms with Gasteiger partial charge in [0.1, 0.15) is 43.2 Å². The van der Waals surface area contributed by atoms with E-state index in [-0.39, 0.29) is 18.4 Å². The maximum atomic E-state index is 12.9. The quantitative estimate of drug-likeness (QED) is 0.211. The zero-order chi connectivity index (χ0) is 28.3. The highest BCUT2D eigenvalue weighted by atomic mass is 19.5. The molecular weight excluding hydrogens is 487 g/mol.